The molecule has 8 rings (SSSR count). The molecule has 0 unspecified atom stereocenters. The molecule has 0 aliphatic rings. The summed E-state index contributed by atoms with van der Waals surface area (Å²) < 4.78 is 63.0. The zero-order valence-electron chi connectivity index (χ0n) is 31.3. The molecule has 45 heavy (non-hydrogen) atoms. The lowest BCUT2D eigenvalue weighted by molar-refractivity contribution is 0.643. The summed E-state index contributed by atoms with van der Waals surface area (Å²) in [5, 5.41) is 0.591. The lowest BCUT2D eigenvalue weighted by Gasteiger charge is -2.24. The second-order valence-corrected chi connectivity index (χ2v) is 12.1. The highest BCUT2D eigenvalue weighted by atomic mass is 16.4. The molecule has 4 aromatic carbocycles. The second kappa shape index (κ2) is 10.2. The standard InChI is InChI=1S/C39H34N4O2/c1-21(2)29-19-26(25-13-8-7-9-14-25)20-30(22(3)4)34(29)43-32-18-11-10-17-31(32)42-38(43)28-16-12-15-27-35(28)44-37-33-23(5)40-24(6)41-39(33)45-36(27)37/h7-22H,1-6H3/i5D3,6D3. The van der Waals surface area contributed by atoms with Crippen molar-refractivity contribution in [2.24, 2.45) is 0 Å². The number of para-hydroxylation sites is 3. The number of fused-ring (bicyclic) bond motifs is 6. The molecule has 0 aliphatic heterocycles. The van der Waals surface area contributed by atoms with Crippen LogP contribution in [0, 0.1) is 13.7 Å². The third-order valence-corrected chi connectivity index (χ3v) is 8.52. The minimum Gasteiger partial charge on any atom is -0.451 e. The molecule has 0 bridgehead atoms. The molecule has 0 fully saturated rings. The van der Waals surface area contributed by atoms with Crippen LogP contribution in [0.3, 0.4) is 0 Å². The van der Waals surface area contributed by atoms with Gasteiger partial charge in [0.1, 0.15) is 22.6 Å². The van der Waals surface area contributed by atoms with Crippen LogP contribution in [0.5, 0.6) is 0 Å². The van der Waals surface area contributed by atoms with Gasteiger partial charge in [-0.25, -0.2) is 9.97 Å². The van der Waals surface area contributed by atoms with Crippen molar-refractivity contribution in [2.45, 2.75) is 53.2 Å². The summed E-state index contributed by atoms with van der Waals surface area (Å²) >= 11 is 0. The predicted octanol–water partition coefficient (Wildman–Crippen LogP) is 10.7. The van der Waals surface area contributed by atoms with Gasteiger partial charge in [0.25, 0.3) is 0 Å². The van der Waals surface area contributed by atoms with Crippen molar-refractivity contribution >= 4 is 44.3 Å². The summed E-state index contributed by atoms with van der Waals surface area (Å²) in [6.07, 6.45) is 0. The molecule has 8 aromatic rings. The highest BCUT2D eigenvalue weighted by molar-refractivity contribution is 6.15. The molecule has 0 aliphatic carbocycles. The van der Waals surface area contributed by atoms with Crippen molar-refractivity contribution in [3.05, 3.63) is 108 Å². The van der Waals surface area contributed by atoms with Gasteiger partial charge >= 0.3 is 0 Å². The highest BCUT2D eigenvalue weighted by Gasteiger charge is 2.27. The number of furan rings is 2. The molecule has 0 N–H and O–H groups in total. The number of aryl methyl sites for hydroxylation is 2. The molecule has 222 valence electrons. The van der Waals surface area contributed by atoms with Crippen LogP contribution in [-0.2, 0) is 0 Å². The summed E-state index contributed by atoms with van der Waals surface area (Å²) in [6.45, 7) is 3.30. The first kappa shape index (κ1) is 21.5. The quantitative estimate of drug-likeness (QED) is 0.198. The van der Waals surface area contributed by atoms with E-state index in [1.165, 1.54) is 11.1 Å². The smallest absolute Gasteiger partial charge is 0.234 e. The van der Waals surface area contributed by atoms with E-state index in [1.807, 2.05) is 42.5 Å². The Balaban J connectivity index is 1.45. The fourth-order valence-electron chi connectivity index (χ4n) is 6.40. The Kier molecular flexibility index (Phi) is 4.85. The van der Waals surface area contributed by atoms with Gasteiger partial charge in [-0.3, -0.25) is 4.57 Å². The number of aromatic nitrogens is 4. The molecular formula is C39H34N4O2. The summed E-state index contributed by atoms with van der Waals surface area (Å²) in [4.78, 5) is 13.3. The fourth-order valence-corrected chi connectivity index (χ4v) is 6.40. The van der Waals surface area contributed by atoms with Gasteiger partial charge in [0, 0.05) is 8.22 Å². The monoisotopic (exact) mass is 596 g/mol. The van der Waals surface area contributed by atoms with Gasteiger partial charge in [-0.15, -0.1) is 0 Å². The molecule has 0 amide bonds. The molecular weight excluding hydrogens is 556 g/mol. The maximum atomic E-state index is 8.21. The van der Waals surface area contributed by atoms with Crippen LogP contribution < -0.4 is 0 Å². The maximum absolute atomic E-state index is 8.21. The molecule has 4 heterocycles. The molecule has 6 heteroatoms. The number of benzene rings is 4. The Morgan fingerprint density at radius 2 is 1.44 bits per heavy atom. The van der Waals surface area contributed by atoms with Gasteiger partial charge in [0.15, 0.2) is 11.2 Å². The van der Waals surface area contributed by atoms with Gasteiger partial charge in [0.2, 0.25) is 5.71 Å². The Bertz CT molecular complexity index is 2600. The van der Waals surface area contributed by atoms with Gasteiger partial charge in [0.05, 0.1) is 33.4 Å². The number of hydrogen-bond donors (Lipinski definition) is 0. The number of hydrogen-bond acceptors (Lipinski definition) is 5. The summed E-state index contributed by atoms with van der Waals surface area (Å²) in [6, 6.07) is 28.6. The number of rotatable bonds is 5. The van der Waals surface area contributed by atoms with E-state index in [2.05, 4.69) is 84.7 Å². The Hall–Kier alpha value is -5.23. The van der Waals surface area contributed by atoms with E-state index in [-0.39, 0.29) is 34.1 Å². The van der Waals surface area contributed by atoms with Crippen molar-refractivity contribution in [2.75, 3.05) is 0 Å². The second-order valence-electron chi connectivity index (χ2n) is 12.1. The van der Waals surface area contributed by atoms with Crippen molar-refractivity contribution < 1.29 is 17.1 Å². The summed E-state index contributed by atoms with van der Waals surface area (Å²) in [7, 11) is 0. The molecule has 0 spiro atoms. The van der Waals surface area contributed by atoms with Crippen LogP contribution in [0.25, 0.3) is 72.5 Å². The van der Waals surface area contributed by atoms with E-state index in [1.54, 1.807) is 0 Å². The molecule has 0 saturated heterocycles. The third-order valence-electron chi connectivity index (χ3n) is 8.52. The average molecular weight is 597 g/mol. The fraction of sp³-hybridized carbons (Fsp3) is 0.205. The van der Waals surface area contributed by atoms with Crippen molar-refractivity contribution in [3.8, 4) is 28.2 Å². The van der Waals surface area contributed by atoms with E-state index in [4.69, 9.17) is 22.0 Å². The summed E-state index contributed by atoms with van der Waals surface area (Å²) in [5.74, 6) is 0.384. The van der Waals surface area contributed by atoms with Crippen LogP contribution in [0.2, 0.25) is 0 Å². The normalized spacial score (nSPS) is 14.7. The highest BCUT2D eigenvalue weighted by Crippen LogP contribution is 2.44. The van der Waals surface area contributed by atoms with Crippen molar-refractivity contribution in [1.82, 2.24) is 19.5 Å². The number of nitrogens with zero attached hydrogens (tertiary/aromatic N) is 4. The first-order valence-corrected chi connectivity index (χ1v) is 15.1. The van der Waals surface area contributed by atoms with Gasteiger partial charge in [-0.1, -0.05) is 76.2 Å². The lowest BCUT2D eigenvalue weighted by atomic mass is 9.88. The molecule has 0 atom stereocenters. The van der Waals surface area contributed by atoms with E-state index >= 15 is 0 Å². The van der Waals surface area contributed by atoms with Crippen LogP contribution in [0.4, 0.5) is 0 Å². The van der Waals surface area contributed by atoms with Crippen molar-refractivity contribution in [1.29, 1.82) is 0 Å². The minimum absolute atomic E-state index is 0.0225. The number of imidazole rings is 1. The van der Waals surface area contributed by atoms with Crippen LogP contribution in [-0.4, -0.2) is 19.5 Å². The van der Waals surface area contributed by atoms with Crippen LogP contribution in [0.15, 0.2) is 93.8 Å². The first-order valence-electron chi connectivity index (χ1n) is 18.1. The molecule has 6 nitrogen and oxygen atoms in total. The maximum Gasteiger partial charge on any atom is 0.234 e. The molecule has 4 aromatic heterocycles. The van der Waals surface area contributed by atoms with E-state index in [0.29, 0.717) is 22.4 Å². The van der Waals surface area contributed by atoms with Crippen LogP contribution in [0.1, 0.15) is 70.4 Å². The van der Waals surface area contributed by atoms with E-state index in [9.17, 15) is 0 Å². The predicted molar refractivity (Wildman–Crippen MR) is 182 cm³/mol. The Labute approximate surface area is 269 Å². The zero-order valence-corrected chi connectivity index (χ0v) is 25.3. The largest absolute Gasteiger partial charge is 0.451 e. The average Bonchev–Trinajstić information content (AvgIpc) is 3.76. The Morgan fingerprint density at radius 1 is 0.689 bits per heavy atom. The topological polar surface area (TPSA) is 69.9 Å². The minimum atomic E-state index is -2.76. The summed E-state index contributed by atoms with van der Waals surface area (Å²) in [5.41, 5.74) is 8.32. The van der Waals surface area contributed by atoms with E-state index < -0.39 is 25.2 Å². The Morgan fingerprint density at radius 3 is 2.18 bits per heavy atom. The van der Waals surface area contributed by atoms with E-state index in [0.717, 1.165) is 27.8 Å². The first-order chi connectivity index (χ1) is 24.2. The zero-order chi connectivity index (χ0) is 36.0. The van der Waals surface area contributed by atoms with Crippen molar-refractivity contribution in [3.63, 3.8) is 0 Å². The third kappa shape index (κ3) is 4.20. The van der Waals surface area contributed by atoms with Gasteiger partial charge in [-0.2, -0.15) is 4.98 Å². The molecule has 0 radical (unpaired) electrons. The lowest BCUT2D eigenvalue weighted by Crippen LogP contribution is -2.09. The van der Waals surface area contributed by atoms with Gasteiger partial charge in [-0.05, 0) is 84.2 Å². The van der Waals surface area contributed by atoms with Gasteiger partial charge < -0.3 is 8.83 Å². The SMILES string of the molecule is [2H]C([2H])([2H])c1nc(C([2H])([2H])[2H])c2c(n1)oc1c3cccc(-c4nc5ccccc5n4-c4c(C(C)C)cc(-c5ccccc5)cc4C(C)C)c3oc12. The molecule has 0 saturated carbocycles. The van der Waals surface area contributed by atoms with Crippen LogP contribution >= 0.6 is 0 Å².